The van der Waals surface area contributed by atoms with Gasteiger partial charge in [-0.15, -0.1) is 0 Å². The average molecular weight is 162 g/mol. The number of ether oxygens (including phenoxy) is 1. The number of fused-ring (bicyclic) bond motifs is 1. The standard InChI is InChI=1S/C9H10N2O/c1-12-7-3-2-6-4-9(10)11-8(6)5-7/h2-5,11H,10H2,1H3. The van der Waals surface area contributed by atoms with Crippen LogP contribution in [-0.2, 0) is 0 Å². The summed E-state index contributed by atoms with van der Waals surface area (Å²) in [7, 11) is 1.65. The van der Waals surface area contributed by atoms with Crippen molar-refractivity contribution in [1.82, 2.24) is 4.98 Å². The maximum Gasteiger partial charge on any atom is 0.120 e. The number of H-pyrrole nitrogens is 1. The Kier molecular flexibility index (Phi) is 1.43. The van der Waals surface area contributed by atoms with E-state index in [0.29, 0.717) is 5.82 Å². The number of aromatic amines is 1. The number of nitrogens with two attached hydrogens (primary N) is 1. The maximum absolute atomic E-state index is 5.59. The van der Waals surface area contributed by atoms with Gasteiger partial charge in [0.1, 0.15) is 11.6 Å². The molecule has 0 bridgehead atoms. The van der Waals surface area contributed by atoms with Gasteiger partial charge in [-0.1, -0.05) is 0 Å². The third kappa shape index (κ3) is 0.993. The van der Waals surface area contributed by atoms with Crippen molar-refractivity contribution in [2.45, 2.75) is 0 Å². The molecule has 12 heavy (non-hydrogen) atoms. The molecule has 0 radical (unpaired) electrons. The predicted octanol–water partition coefficient (Wildman–Crippen LogP) is 1.76. The molecule has 0 unspecified atom stereocenters. The first-order valence-electron chi connectivity index (χ1n) is 3.72. The molecule has 0 atom stereocenters. The van der Waals surface area contributed by atoms with Crippen molar-refractivity contribution in [3.8, 4) is 5.75 Å². The zero-order chi connectivity index (χ0) is 8.55. The second-order valence-electron chi connectivity index (χ2n) is 2.68. The van der Waals surface area contributed by atoms with E-state index in [1.165, 1.54) is 0 Å². The predicted molar refractivity (Wildman–Crippen MR) is 49.3 cm³/mol. The first kappa shape index (κ1) is 7.03. The van der Waals surface area contributed by atoms with Crippen molar-refractivity contribution < 1.29 is 4.74 Å². The lowest BCUT2D eigenvalue weighted by Crippen LogP contribution is -1.82. The summed E-state index contributed by atoms with van der Waals surface area (Å²) < 4.78 is 5.07. The summed E-state index contributed by atoms with van der Waals surface area (Å²) in [6.07, 6.45) is 0. The van der Waals surface area contributed by atoms with Crippen LogP contribution in [0.2, 0.25) is 0 Å². The van der Waals surface area contributed by atoms with E-state index in [2.05, 4.69) is 4.98 Å². The van der Waals surface area contributed by atoms with Gasteiger partial charge in [-0.05, 0) is 18.2 Å². The Balaban J connectivity index is 2.66. The number of hydrogen-bond donors (Lipinski definition) is 2. The number of benzene rings is 1. The summed E-state index contributed by atoms with van der Waals surface area (Å²) >= 11 is 0. The van der Waals surface area contributed by atoms with E-state index in [1.807, 2.05) is 24.3 Å². The van der Waals surface area contributed by atoms with Crippen LogP contribution in [0.15, 0.2) is 24.3 Å². The minimum absolute atomic E-state index is 0.679. The Morgan fingerprint density at radius 3 is 2.92 bits per heavy atom. The molecule has 0 aliphatic rings. The summed E-state index contributed by atoms with van der Waals surface area (Å²) in [6, 6.07) is 7.71. The monoisotopic (exact) mass is 162 g/mol. The van der Waals surface area contributed by atoms with Gasteiger partial charge >= 0.3 is 0 Å². The zero-order valence-corrected chi connectivity index (χ0v) is 6.79. The van der Waals surface area contributed by atoms with Gasteiger partial charge in [-0.25, -0.2) is 0 Å². The Bertz CT molecular complexity index is 406. The van der Waals surface area contributed by atoms with Crippen LogP contribution in [0.25, 0.3) is 10.9 Å². The fraction of sp³-hybridized carbons (Fsp3) is 0.111. The van der Waals surface area contributed by atoms with Gasteiger partial charge in [0.2, 0.25) is 0 Å². The molecule has 1 heterocycles. The zero-order valence-electron chi connectivity index (χ0n) is 6.79. The highest BCUT2D eigenvalue weighted by Gasteiger charge is 1.98. The van der Waals surface area contributed by atoms with E-state index < -0.39 is 0 Å². The van der Waals surface area contributed by atoms with Gasteiger partial charge < -0.3 is 15.5 Å². The lowest BCUT2D eigenvalue weighted by molar-refractivity contribution is 0.415. The summed E-state index contributed by atoms with van der Waals surface area (Å²) in [5, 5.41) is 1.10. The minimum atomic E-state index is 0.679. The fourth-order valence-corrected chi connectivity index (χ4v) is 1.26. The number of nitrogen functional groups attached to an aromatic ring is 1. The van der Waals surface area contributed by atoms with E-state index in [-0.39, 0.29) is 0 Å². The topological polar surface area (TPSA) is 51.0 Å². The Morgan fingerprint density at radius 2 is 2.17 bits per heavy atom. The molecule has 1 aromatic heterocycles. The van der Waals surface area contributed by atoms with Crippen molar-refractivity contribution in [1.29, 1.82) is 0 Å². The van der Waals surface area contributed by atoms with Crippen molar-refractivity contribution >= 4 is 16.7 Å². The number of aromatic nitrogens is 1. The number of anilines is 1. The molecule has 0 aliphatic heterocycles. The van der Waals surface area contributed by atoms with Crippen molar-refractivity contribution in [2.24, 2.45) is 0 Å². The molecule has 3 N–H and O–H groups in total. The molecular weight excluding hydrogens is 152 g/mol. The van der Waals surface area contributed by atoms with E-state index in [9.17, 15) is 0 Å². The van der Waals surface area contributed by atoms with Crippen LogP contribution in [0.4, 0.5) is 5.82 Å². The first-order chi connectivity index (χ1) is 5.79. The Labute approximate surface area is 70.1 Å². The molecule has 0 amide bonds. The highest BCUT2D eigenvalue weighted by molar-refractivity contribution is 5.84. The van der Waals surface area contributed by atoms with Crippen LogP contribution < -0.4 is 10.5 Å². The van der Waals surface area contributed by atoms with Crippen molar-refractivity contribution in [3.63, 3.8) is 0 Å². The van der Waals surface area contributed by atoms with Gasteiger partial charge in [0.25, 0.3) is 0 Å². The van der Waals surface area contributed by atoms with E-state index >= 15 is 0 Å². The van der Waals surface area contributed by atoms with Gasteiger partial charge in [0.15, 0.2) is 0 Å². The van der Waals surface area contributed by atoms with Crippen LogP contribution in [0, 0.1) is 0 Å². The molecule has 0 saturated carbocycles. The normalized spacial score (nSPS) is 10.4. The summed E-state index contributed by atoms with van der Waals surface area (Å²) in [4.78, 5) is 3.03. The summed E-state index contributed by atoms with van der Waals surface area (Å²) in [5.41, 5.74) is 6.59. The van der Waals surface area contributed by atoms with Gasteiger partial charge in [-0.3, -0.25) is 0 Å². The molecule has 0 spiro atoms. The Hall–Kier alpha value is -1.64. The number of nitrogens with one attached hydrogen (secondary N) is 1. The van der Waals surface area contributed by atoms with E-state index in [0.717, 1.165) is 16.7 Å². The van der Waals surface area contributed by atoms with Crippen LogP contribution in [-0.4, -0.2) is 12.1 Å². The first-order valence-corrected chi connectivity index (χ1v) is 3.72. The molecule has 62 valence electrons. The second kappa shape index (κ2) is 2.44. The van der Waals surface area contributed by atoms with Gasteiger partial charge in [0.05, 0.1) is 12.6 Å². The number of hydrogen-bond acceptors (Lipinski definition) is 2. The van der Waals surface area contributed by atoms with Crippen LogP contribution in [0.3, 0.4) is 0 Å². The highest BCUT2D eigenvalue weighted by Crippen LogP contribution is 2.21. The quantitative estimate of drug-likeness (QED) is 0.671. The molecule has 0 fully saturated rings. The van der Waals surface area contributed by atoms with E-state index in [1.54, 1.807) is 7.11 Å². The van der Waals surface area contributed by atoms with E-state index in [4.69, 9.17) is 10.5 Å². The molecular formula is C9H10N2O. The van der Waals surface area contributed by atoms with Crippen LogP contribution in [0.1, 0.15) is 0 Å². The summed E-state index contributed by atoms with van der Waals surface area (Å²) in [6.45, 7) is 0. The number of methoxy groups -OCH3 is 1. The second-order valence-corrected chi connectivity index (χ2v) is 2.68. The van der Waals surface area contributed by atoms with Crippen LogP contribution in [0.5, 0.6) is 5.75 Å². The van der Waals surface area contributed by atoms with Gasteiger partial charge in [0, 0.05) is 11.5 Å². The molecule has 3 heteroatoms. The lowest BCUT2D eigenvalue weighted by atomic mass is 10.2. The third-order valence-electron chi connectivity index (χ3n) is 1.85. The molecule has 2 rings (SSSR count). The smallest absolute Gasteiger partial charge is 0.120 e. The maximum atomic E-state index is 5.59. The summed E-state index contributed by atoms with van der Waals surface area (Å²) in [5.74, 6) is 1.52. The van der Waals surface area contributed by atoms with Crippen molar-refractivity contribution in [2.75, 3.05) is 12.8 Å². The molecule has 3 nitrogen and oxygen atoms in total. The highest BCUT2D eigenvalue weighted by atomic mass is 16.5. The molecule has 1 aromatic carbocycles. The molecule has 2 aromatic rings. The number of rotatable bonds is 1. The van der Waals surface area contributed by atoms with Gasteiger partial charge in [-0.2, -0.15) is 0 Å². The third-order valence-corrected chi connectivity index (χ3v) is 1.85. The van der Waals surface area contributed by atoms with Crippen molar-refractivity contribution in [3.05, 3.63) is 24.3 Å². The fourth-order valence-electron chi connectivity index (χ4n) is 1.26. The largest absolute Gasteiger partial charge is 0.497 e. The minimum Gasteiger partial charge on any atom is -0.497 e. The Morgan fingerprint density at radius 1 is 1.33 bits per heavy atom. The van der Waals surface area contributed by atoms with Crippen LogP contribution >= 0.6 is 0 Å². The average Bonchev–Trinajstić information content (AvgIpc) is 2.43. The SMILES string of the molecule is COc1ccc2cc(N)[nH]c2c1. The lowest BCUT2D eigenvalue weighted by Gasteiger charge is -1.97. The molecule has 0 aliphatic carbocycles. The molecule has 0 saturated heterocycles.